The van der Waals surface area contributed by atoms with Gasteiger partial charge in [0.15, 0.2) is 0 Å². The molecule has 0 heterocycles. The highest BCUT2D eigenvalue weighted by Crippen LogP contribution is 2.16. The molecule has 2 rings (SSSR count). The molecule has 0 spiro atoms. The number of esters is 1. The molecular formula is C19H22ClNO2. The molecule has 3 nitrogen and oxygen atoms in total. The van der Waals surface area contributed by atoms with E-state index in [4.69, 9.17) is 16.3 Å². The molecule has 0 radical (unpaired) electrons. The van der Waals surface area contributed by atoms with Crippen LogP contribution in [0.15, 0.2) is 48.5 Å². The topological polar surface area (TPSA) is 38.3 Å². The predicted molar refractivity (Wildman–Crippen MR) is 94.8 cm³/mol. The van der Waals surface area contributed by atoms with Crippen LogP contribution >= 0.6 is 11.6 Å². The second-order valence-electron chi connectivity index (χ2n) is 6.45. The van der Waals surface area contributed by atoms with E-state index in [0.29, 0.717) is 6.54 Å². The quantitative estimate of drug-likeness (QED) is 0.797. The van der Waals surface area contributed by atoms with Crippen molar-refractivity contribution in [3.63, 3.8) is 0 Å². The van der Waals surface area contributed by atoms with Gasteiger partial charge in [-0.15, -0.1) is 0 Å². The van der Waals surface area contributed by atoms with Gasteiger partial charge in [0.1, 0.15) is 5.60 Å². The number of carbonyl (C=O) groups is 1. The van der Waals surface area contributed by atoms with Crippen molar-refractivity contribution in [2.45, 2.75) is 39.3 Å². The van der Waals surface area contributed by atoms with Crippen molar-refractivity contribution in [1.82, 2.24) is 0 Å². The van der Waals surface area contributed by atoms with E-state index in [-0.39, 0.29) is 12.4 Å². The molecule has 122 valence electrons. The first-order chi connectivity index (χ1) is 10.8. The Hall–Kier alpha value is -2.00. The molecule has 0 aliphatic heterocycles. The Kier molecular flexibility index (Phi) is 5.67. The van der Waals surface area contributed by atoms with Crippen molar-refractivity contribution >= 4 is 23.3 Å². The SMILES string of the molecule is CC(C)(C)OC(=O)Cc1cccc(NCc2cccc(Cl)c2)c1. The Morgan fingerprint density at radius 3 is 2.48 bits per heavy atom. The van der Waals surface area contributed by atoms with Crippen molar-refractivity contribution in [1.29, 1.82) is 0 Å². The van der Waals surface area contributed by atoms with Crippen LogP contribution in [0.5, 0.6) is 0 Å². The zero-order chi connectivity index (χ0) is 16.9. The molecule has 2 aromatic rings. The first-order valence-electron chi connectivity index (χ1n) is 7.61. The van der Waals surface area contributed by atoms with E-state index in [1.165, 1.54) is 0 Å². The lowest BCUT2D eigenvalue weighted by Crippen LogP contribution is -2.24. The third-order valence-corrected chi connectivity index (χ3v) is 3.32. The summed E-state index contributed by atoms with van der Waals surface area (Å²) in [6, 6.07) is 15.5. The maximum absolute atomic E-state index is 11.9. The van der Waals surface area contributed by atoms with E-state index in [0.717, 1.165) is 21.8 Å². The molecule has 0 fully saturated rings. The van der Waals surface area contributed by atoms with Crippen LogP contribution in [0.4, 0.5) is 5.69 Å². The minimum absolute atomic E-state index is 0.218. The molecule has 1 N–H and O–H groups in total. The van der Waals surface area contributed by atoms with Gasteiger partial charge in [-0.2, -0.15) is 0 Å². The molecular weight excluding hydrogens is 310 g/mol. The first kappa shape index (κ1) is 17.4. The van der Waals surface area contributed by atoms with Crippen LogP contribution in [0.1, 0.15) is 31.9 Å². The maximum atomic E-state index is 11.9. The fraction of sp³-hybridized carbons (Fsp3) is 0.316. The van der Waals surface area contributed by atoms with E-state index in [2.05, 4.69) is 5.32 Å². The summed E-state index contributed by atoms with van der Waals surface area (Å²) in [5.41, 5.74) is 2.54. The highest BCUT2D eigenvalue weighted by molar-refractivity contribution is 6.30. The number of hydrogen-bond donors (Lipinski definition) is 1. The van der Waals surface area contributed by atoms with E-state index < -0.39 is 5.60 Å². The monoisotopic (exact) mass is 331 g/mol. The Balaban J connectivity index is 1.95. The summed E-state index contributed by atoms with van der Waals surface area (Å²) in [6.45, 7) is 6.28. The molecule has 4 heteroatoms. The molecule has 0 atom stereocenters. The van der Waals surface area contributed by atoms with Crippen molar-refractivity contribution in [3.05, 3.63) is 64.7 Å². The summed E-state index contributed by atoms with van der Waals surface area (Å²) in [6.07, 6.45) is 0.268. The molecule has 0 bridgehead atoms. The van der Waals surface area contributed by atoms with Crippen LogP contribution in [-0.2, 0) is 22.5 Å². The van der Waals surface area contributed by atoms with Gasteiger partial charge in [-0.3, -0.25) is 4.79 Å². The third kappa shape index (κ3) is 6.33. The summed E-state index contributed by atoms with van der Waals surface area (Å²) in [5, 5.41) is 4.06. The van der Waals surface area contributed by atoms with E-state index in [1.54, 1.807) is 0 Å². The van der Waals surface area contributed by atoms with Gasteiger partial charge in [0.05, 0.1) is 6.42 Å². The molecule has 0 aromatic heterocycles. The van der Waals surface area contributed by atoms with Gasteiger partial charge < -0.3 is 10.1 Å². The number of nitrogens with one attached hydrogen (secondary N) is 1. The number of carbonyl (C=O) groups excluding carboxylic acids is 1. The van der Waals surface area contributed by atoms with Crippen LogP contribution in [0, 0.1) is 0 Å². The van der Waals surface area contributed by atoms with E-state index >= 15 is 0 Å². The Bertz CT molecular complexity index is 677. The van der Waals surface area contributed by atoms with Gasteiger partial charge in [0.2, 0.25) is 0 Å². The summed E-state index contributed by atoms with van der Waals surface area (Å²) in [5.74, 6) is -0.218. The lowest BCUT2D eigenvalue weighted by molar-refractivity contribution is -0.153. The minimum atomic E-state index is -0.459. The Morgan fingerprint density at radius 1 is 1.09 bits per heavy atom. The highest BCUT2D eigenvalue weighted by Gasteiger charge is 2.16. The molecule has 0 saturated heterocycles. The van der Waals surface area contributed by atoms with Gasteiger partial charge in [-0.1, -0.05) is 35.9 Å². The summed E-state index contributed by atoms with van der Waals surface area (Å²) in [7, 11) is 0. The molecule has 0 unspecified atom stereocenters. The van der Waals surface area contributed by atoms with Crippen LogP contribution < -0.4 is 5.32 Å². The number of halogens is 1. The van der Waals surface area contributed by atoms with Gasteiger partial charge in [0.25, 0.3) is 0 Å². The van der Waals surface area contributed by atoms with Crippen LogP contribution in [0.25, 0.3) is 0 Å². The highest BCUT2D eigenvalue weighted by atomic mass is 35.5. The Morgan fingerprint density at radius 2 is 1.78 bits per heavy atom. The van der Waals surface area contributed by atoms with Crippen molar-refractivity contribution in [3.8, 4) is 0 Å². The van der Waals surface area contributed by atoms with Crippen LogP contribution in [-0.4, -0.2) is 11.6 Å². The zero-order valence-electron chi connectivity index (χ0n) is 13.7. The average molecular weight is 332 g/mol. The van der Waals surface area contributed by atoms with Gasteiger partial charge >= 0.3 is 5.97 Å². The number of rotatable bonds is 5. The lowest BCUT2D eigenvalue weighted by atomic mass is 10.1. The van der Waals surface area contributed by atoms with Crippen molar-refractivity contribution in [2.24, 2.45) is 0 Å². The third-order valence-electron chi connectivity index (χ3n) is 3.08. The molecule has 0 amide bonds. The second kappa shape index (κ2) is 7.51. The molecule has 23 heavy (non-hydrogen) atoms. The molecule has 0 aliphatic carbocycles. The Labute approximate surface area is 142 Å². The summed E-state index contributed by atoms with van der Waals surface area (Å²) >= 11 is 5.98. The number of anilines is 1. The number of benzene rings is 2. The fourth-order valence-electron chi connectivity index (χ4n) is 2.19. The lowest BCUT2D eigenvalue weighted by Gasteiger charge is -2.19. The van der Waals surface area contributed by atoms with Crippen molar-refractivity contribution in [2.75, 3.05) is 5.32 Å². The zero-order valence-corrected chi connectivity index (χ0v) is 14.5. The van der Waals surface area contributed by atoms with Crippen LogP contribution in [0.2, 0.25) is 5.02 Å². The number of hydrogen-bond acceptors (Lipinski definition) is 3. The normalized spacial score (nSPS) is 11.1. The molecule has 2 aromatic carbocycles. The summed E-state index contributed by atoms with van der Waals surface area (Å²) < 4.78 is 5.35. The molecule has 0 saturated carbocycles. The largest absolute Gasteiger partial charge is 0.460 e. The standard InChI is InChI=1S/C19H22ClNO2/c1-19(2,3)23-18(22)12-14-6-5-9-17(11-14)21-13-15-7-4-8-16(20)10-15/h4-11,21H,12-13H2,1-3H3. The van der Waals surface area contributed by atoms with Gasteiger partial charge in [-0.25, -0.2) is 0 Å². The first-order valence-corrected chi connectivity index (χ1v) is 7.99. The van der Waals surface area contributed by atoms with Crippen LogP contribution in [0.3, 0.4) is 0 Å². The van der Waals surface area contributed by atoms with Crippen molar-refractivity contribution < 1.29 is 9.53 Å². The smallest absolute Gasteiger partial charge is 0.310 e. The summed E-state index contributed by atoms with van der Waals surface area (Å²) in [4.78, 5) is 11.9. The maximum Gasteiger partial charge on any atom is 0.310 e. The van der Waals surface area contributed by atoms with Gasteiger partial charge in [-0.05, 0) is 56.2 Å². The second-order valence-corrected chi connectivity index (χ2v) is 6.88. The van der Waals surface area contributed by atoms with E-state index in [1.807, 2.05) is 69.3 Å². The average Bonchev–Trinajstić information content (AvgIpc) is 2.43. The van der Waals surface area contributed by atoms with Gasteiger partial charge in [0, 0.05) is 17.3 Å². The minimum Gasteiger partial charge on any atom is -0.460 e. The fourth-order valence-corrected chi connectivity index (χ4v) is 2.40. The van der Waals surface area contributed by atoms with E-state index in [9.17, 15) is 4.79 Å². The number of ether oxygens (including phenoxy) is 1. The molecule has 0 aliphatic rings. The predicted octanol–water partition coefficient (Wildman–Crippen LogP) is 4.84.